The van der Waals surface area contributed by atoms with Crippen LogP contribution in [0.5, 0.6) is 0 Å². The van der Waals surface area contributed by atoms with Crippen molar-refractivity contribution < 1.29 is 51.5 Å². The number of rotatable bonds is 8. The number of allylic oxidation sites excluding steroid dienone is 4. The van der Waals surface area contributed by atoms with Gasteiger partial charge in [-0.2, -0.15) is 8.42 Å². The highest BCUT2D eigenvalue weighted by Crippen LogP contribution is 2.73. The molecule has 4 bridgehead atoms. The van der Waals surface area contributed by atoms with Gasteiger partial charge in [-0.25, -0.2) is 4.18 Å². The largest absolute Gasteiger partial charge is 0.397 e. The lowest BCUT2D eigenvalue weighted by molar-refractivity contribution is -0.408. The first-order valence-corrected chi connectivity index (χ1v) is 29.2. The quantitative estimate of drug-likeness (QED) is 0.135. The van der Waals surface area contributed by atoms with E-state index >= 15 is 0 Å². The molecule has 1 spiro atoms. The summed E-state index contributed by atoms with van der Waals surface area (Å²) in [6, 6.07) is 0. The molecule has 0 amide bonds. The van der Waals surface area contributed by atoms with E-state index in [4.69, 9.17) is 18.4 Å². The summed E-state index contributed by atoms with van der Waals surface area (Å²) in [5.74, 6) is 0.509. The Balaban J connectivity index is 0.828. The zero-order chi connectivity index (χ0) is 50.5. The van der Waals surface area contributed by atoms with Gasteiger partial charge in [0.25, 0.3) is 0 Å². The number of carbonyl (C=O) groups is 1. The summed E-state index contributed by atoms with van der Waals surface area (Å²) < 4.78 is 61.9. The molecule has 0 radical (unpaired) electrons. The van der Waals surface area contributed by atoms with Crippen LogP contribution in [-0.4, -0.2) is 88.2 Å². The van der Waals surface area contributed by atoms with Crippen LogP contribution < -0.4 is 0 Å². The van der Waals surface area contributed by atoms with Gasteiger partial charge in [0.2, 0.25) is 0 Å². The second-order valence-corrected chi connectivity index (χ2v) is 29.5. The SMILES string of the molecule is C[C@@H]([C@H]1CC[C@H]2C3=C(CC[C@]12C)[C@@]12CO[C@](O)([C@@H](O)C1)C(C)(C)C2[C@@H](OS(=O)(=O)O)C3)[C@H]1C[C@@H]2C[C@@](C)(OC2(C)C)[C@H](CC[C@@H](C)[C@H]2CC[C@H]3C4=C(CC[C@]23C)[C@@]2(C)C[C@H](O)C(=O)C(C)(C)C2=CC4)O1. The minimum atomic E-state index is -4.81. The molecule has 19 atom stereocenters. The van der Waals surface area contributed by atoms with Gasteiger partial charge in [0.05, 0.1) is 36.1 Å². The van der Waals surface area contributed by atoms with E-state index in [1.165, 1.54) is 35.1 Å². The molecule has 4 N–H and O–H groups in total. The fraction of sp³-hybridized carbons (Fsp3) is 0.879. The fourth-order valence-corrected chi connectivity index (χ4v) is 21.5. The molecule has 12 aliphatic rings. The highest BCUT2D eigenvalue weighted by molar-refractivity contribution is 7.80. The molecule has 12 rings (SSSR count). The van der Waals surface area contributed by atoms with Gasteiger partial charge in [-0.15, -0.1) is 0 Å². The standard InChI is InChI=1S/C58H88O11S/c1-31(36-15-17-38-34-14-19-45-50(3,4)49(61)42(59)28-55(45,11)40(34)21-23-53(36,38)9)13-20-47-56(12)27-33(52(7,8)69-56)25-43(67-47)32(2)37-16-18-39-35-26-44(68-70(63,64)65)48-51(5,6)58(62)46(60)29-57(48,30-66-58)41(35)22-24-54(37,39)10/h19,31-33,36-39,42-44,46-48,59-60,62H,13-18,20-30H2,1-12H3,(H,63,64,65)/t31-,32+,33-,36-,37-,38+,39+,42+,43-,44+,46+,47+,48?,53-,54-,55-,56-,57+,58-/m1/s1. The first-order chi connectivity index (χ1) is 32.4. The van der Waals surface area contributed by atoms with Gasteiger partial charge in [-0.3, -0.25) is 9.35 Å². The Labute approximate surface area is 419 Å². The van der Waals surface area contributed by atoms with Crippen LogP contribution in [0.25, 0.3) is 0 Å². The lowest BCUT2D eigenvalue weighted by Crippen LogP contribution is -2.76. The zero-order valence-corrected chi connectivity index (χ0v) is 45.5. The van der Waals surface area contributed by atoms with Crippen LogP contribution in [0.3, 0.4) is 0 Å². The third kappa shape index (κ3) is 6.83. The van der Waals surface area contributed by atoms with Crippen molar-refractivity contribution in [2.75, 3.05) is 6.61 Å². The van der Waals surface area contributed by atoms with Crippen LogP contribution in [-0.2, 0) is 33.6 Å². The summed E-state index contributed by atoms with van der Waals surface area (Å²) in [4.78, 5) is 13.2. The summed E-state index contributed by atoms with van der Waals surface area (Å²) in [5, 5.41) is 34.4. The van der Waals surface area contributed by atoms with Crippen LogP contribution in [0.1, 0.15) is 186 Å². The van der Waals surface area contributed by atoms with Crippen molar-refractivity contribution in [3.05, 3.63) is 33.9 Å². The molecule has 11 nitrogen and oxygen atoms in total. The molecule has 392 valence electrons. The van der Waals surface area contributed by atoms with E-state index in [-0.39, 0.29) is 70.3 Å². The lowest BCUT2D eigenvalue weighted by atomic mass is 9.42. The Morgan fingerprint density at radius 3 is 2.16 bits per heavy atom. The molecule has 0 aromatic rings. The molecular formula is C58H88O11S. The third-order valence-corrected chi connectivity index (χ3v) is 24.7. The van der Waals surface area contributed by atoms with Gasteiger partial charge in [0.15, 0.2) is 11.6 Å². The maximum absolute atomic E-state index is 13.2. The maximum Gasteiger partial charge on any atom is 0.397 e. The minimum absolute atomic E-state index is 0.0325. The van der Waals surface area contributed by atoms with E-state index in [0.717, 1.165) is 70.6 Å². The molecule has 0 aromatic heterocycles. The number of fused-ring (bicyclic) bond motifs is 10. The number of aliphatic hydroxyl groups is 3. The summed E-state index contributed by atoms with van der Waals surface area (Å²) >= 11 is 0. The Hall–Kier alpha value is -1.48. The molecule has 8 aliphatic carbocycles. The summed E-state index contributed by atoms with van der Waals surface area (Å²) in [7, 11) is -4.81. The summed E-state index contributed by atoms with van der Waals surface area (Å²) in [6.07, 6.45) is 14.0. The first-order valence-electron chi connectivity index (χ1n) is 27.8. The number of Topliss-reactive ketones (excluding diaryl/α,β-unsaturated/α-hetero) is 1. The van der Waals surface area contributed by atoms with Gasteiger partial charge in [-0.05, 0) is 190 Å². The highest BCUT2D eigenvalue weighted by Gasteiger charge is 2.74. The number of aliphatic hydroxyl groups excluding tert-OH is 2. The topological polar surface area (TPSA) is 169 Å². The Kier molecular flexibility index (Phi) is 11.4. The molecule has 4 heterocycles. The van der Waals surface area contributed by atoms with E-state index < -0.39 is 56.7 Å². The highest BCUT2D eigenvalue weighted by atomic mass is 32.3. The number of hydrogen-bond donors (Lipinski definition) is 4. The van der Waals surface area contributed by atoms with E-state index in [9.17, 15) is 33.1 Å². The Morgan fingerprint density at radius 1 is 0.843 bits per heavy atom. The van der Waals surface area contributed by atoms with Crippen LogP contribution >= 0.6 is 0 Å². The van der Waals surface area contributed by atoms with Crippen molar-refractivity contribution in [2.24, 2.45) is 79.8 Å². The van der Waals surface area contributed by atoms with Crippen molar-refractivity contribution in [3.8, 4) is 0 Å². The van der Waals surface area contributed by atoms with Gasteiger partial charge >= 0.3 is 10.4 Å². The minimum Gasteiger partial charge on any atom is -0.387 e. The van der Waals surface area contributed by atoms with Crippen LogP contribution in [0, 0.1) is 79.8 Å². The van der Waals surface area contributed by atoms with Gasteiger partial charge in [0, 0.05) is 27.6 Å². The lowest BCUT2D eigenvalue weighted by Gasteiger charge is -2.69. The zero-order valence-electron chi connectivity index (χ0n) is 44.7. The van der Waals surface area contributed by atoms with Gasteiger partial charge in [-0.1, -0.05) is 82.4 Å². The normalized spacial score (nSPS) is 50.5. The second kappa shape index (κ2) is 15.8. The molecule has 4 saturated heterocycles. The van der Waals surface area contributed by atoms with Crippen molar-refractivity contribution >= 4 is 16.2 Å². The molecule has 0 aromatic carbocycles. The predicted molar refractivity (Wildman–Crippen MR) is 266 cm³/mol. The Bertz CT molecular complexity index is 2420. The molecule has 4 saturated carbocycles. The van der Waals surface area contributed by atoms with Crippen LogP contribution in [0.2, 0.25) is 0 Å². The summed E-state index contributed by atoms with van der Waals surface area (Å²) in [5.41, 5.74) is 3.71. The fourth-order valence-electron chi connectivity index (χ4n) is 21.0. The number of carbonyl (C=O) groups excluding carboxylic acids is 1. The molecule has 12 heteroatoms. The number of ketones is 1. The van der Waals surface area contributed by atoms with Crippen molar-refractivity contribution in [1.29, 1.82) is 0 Å². The van der Waals surface area contributed by atoms with E-state index in [1.807, 2.05) is 27.7 Å². The van der Waals surface area contributed by atoms with E-state index in [1.54, 1.807) is 5.57 Å². The van der Waals surface area contributed by atoms with Crippen molar-refractivity contribution in [1.82, 2.24) is 0 Å². The molecule has 8 fully saturated rings. The molecule has 70 heavy (non-hydrogen) atoms. The van der Waals surface area contributed by atoms with Crippen molar-refractivity contribution in [3.63, 3.8) is 0 Å². The van der Waals surface area contributed by atoms with E-state index in [0.29, 0.717) is 42.4 Å². The molecular weight excluding hydrogens is 905 g/mol. The number of hydrogen-bond acceptors (Lipinski definition) is 10. The molecule has 4 aliphatic heterocycles. The van der Waals surface area contributed by atoms with Crippen LogP contribution in [0.15, 0.2) is 33.9 Å². The average Bonchev–Trinajstić information content (AvgIpc) is 3.84. The Morgan fingerprint density at radius 2 is 1.49 bits per heavy atom. The number of ether oxygens (including phenoxy) is 3. The monoisotopic (exact) mass is 993 g/mol. The first kappa shape index (κ1) is 50.7. The smallest absolute Gasteiger partial charge is 0.387 e. The maximum atomic E-state index is 13.2. The predicted octanol–water partition coefficient (Wildman–Crippen LogP) is 10.4. The van der Waals surface area contributed by atoms with Crippen LogP contribution in [0.4, 0.5) is 0 Å². The van der Waals surface area contributed by atoms with Crippen molar-refractivity contribution in [2.45, 2.75) is 233 Å². The summed E-state index contributed by atoms with van der Waals surface area (Å²) in [6.45, 7) is 27.1. The second-order valence-electron chi connectivity index (χ2n) is 28.4. The average molecular weight is 993 g/mol. The third-order valence-electron chi connectivity index (χ3n) is 24.2. The molecule has 1 unspecified atom stereocenters. The van der Waals surface area contributed by atoms with Gasteiger partial charge < -0.3 is 29.5 Å². The van der Waals surface area contributed by atoms with Gasteiger partial charge in [0.1, 0.15) is 12.2 Å². The van der Waals surface area contributed by atoms with E-state index in [2.05, 4.69) is 61.5 Å².